The van der Waals surface area contributed by atoms with Crippen LogP contribution in [0.25, 0.3) is 10.2 Å². The molecule has 4 heterocycles. The smallest absolute Gasteiger partial charge is 0.261 e. The maximum absolute atomic E-state index is 14.0. The Morgan fingerprint density at radius 2 is 2.17 bits per heavy atom. The number of hydrogen-bond donors (Lipinski definition) is 2. The van der Waals surface area contributed by atoms with E-state index in [1.165, 1.54) is 42.6 Å². The molecule has 5 rings (SSSR count). The van der Waals surface area contributed by atoms with E-state index in [0.29, 0.717) is 41.9 Å². The lowest BCUT2D eigenvalue weighted by Crippen LogP contribution is -2.28. The molecule has 2 fully saturated rings. The van der Waals surface area contributed by atoms with Gasteiger partial charge in [0.25, 0.3) is 5.91 Å². The van der Waals surface area contributed by atoms with Gasteiger partial charge in [0.15, 0.2) is 0 Å². The van der Waals surface area contributed by atoms with Gasteiger partial charge in [-0.2, -0.15) is 0 Å². The third kappa shape index (κ3) is 5.55. The molecule has 1 amide bonds. The molecule has 1 aromatic carbocycles. The highest BCUT2D eigenvalue weighted by Crippen LogP contribution is 2.37. The van der Waals surface area contributed by atoms with Crippen LogP contribution >= 0.6 is 11.3 Å². The van der Waals surface area contributed by atoms with Gasteiger partial charge < -0.3 is 25.0 Å². The van der Waals surface area contributed by atoms with Gasteiger partial charge in [-0.1, -0.05) is 0 Å². The van der Waals surface area contributed by atoms with E-state index in [-0.39, 0.29) is 17.8 Å². The predicted molar refractivity (Wildman–Crippen MR) is 134 cm³/mol. The average Bonchev–Trinajstić information content (AvgIpc) is 3.61. The number of nitrogens with zero attached hydrogens (tertiary/aromatic N) is 3. The number of anilines is 2. The van der Waals surface area contributed by atoms with Crippen LogP contribution in [0.5, 0.6) is 5.75 Å². The first-order chi connectivity index (χ1) is 17.1. The molecule has 2 aliphatic rings. The van der Waals surface area contributed by atoms with E-state index in [1.807, 2.05) is 6.92 Å². The number of aromatic nitrogens is 2. The summed E-state index contributed by atoms with van der Waals surface area (Å²) in [7, 11) is 0. The van der Waals surface area contributed by atoms with E-state index < -0.39 is 0 Å². The van der Waals surface area contributed by atoms with Gasteiger partial charge in [0.2, 0.25) is 0 Å². The number of likely N-dealkylation sites (tertiary alicyclic amines) is 1. The van der Waals surface area contributed by atoms with Crippen LogP contribution in [0.15, 0.2) is 24.5 Å². The normalized spacial score (nSPS) is 18.3. The van der Waals surface area contributed by atoms with Gasteiger partial charge in [-0.05, 0) is 63.5 Å². The molecule has 1 unspecified atom stereocenters. The molecule has 0 saturated carbocycles. The number of amides is 1. The van der Waals surface area contributed by atoms with Crippen molar-refractivity contribution >= 4 is 39.0 Å². The Kier molecular flexibility index (Phi) is 7.40. The molecular formula is C25H30FN5O3S. The standard InChI is InChI=1S/C25H30FN5O3S/c1-16-21-23(30-19-6-5-17(26)13-20(19)34-18-7-12-33-14-18)28-15-29-25(21)35-22(16)24(32)27-8-4-11-31-9-2-3-10-31/h5-6,13,15,18H,2-4,7-12,14H2,1H3,(H,27,32)(H,28,29,30). The highest BCUT2D eigenvalue weighted by Gasteiger charge is 2.22. The van der Waals surface area contributed by atoms with Crippen LogP contribution in [0.4, 0.5) is 15.9 Å². The monoisotopic (exact) mass is 499 g/mol. The number of rotatable bonds is 9. The third-order valence-electron chi connectivity index (χ3n) is 6.45. The van der Waals surface area contributed by atoms with Gasteiger partial charge in [0.1, 0.15) is 34.6 Å². The van der Waals surface area contributed by atoms with Crippen LogP contribution < -0.4 is 15.4 Å². The largest absolute Gasteiger partial charge is 0.486 e. The van der Waals surface area contributed by atoms with Crippen LogP contribution in [0.3, 0.4) is 0 Å². The van der Waals surface area contributed by atoms with Gasteiger partial charge in [0, 0.05) is 19.0 Å². The van der Waals surface area contributed by atoms with Crippen molar-refractivity contribution in [1.82, 2.24) is 20.2 Å². The zero-order valence-corrected chi connectivity index (χ0v) is 20.6. The minimum atomic E-state index is -0.382. The number of aryl methyl sites for hydroxylation is 1. The quantitative estimate of drug-likeness (QED) is 0.425. The van der Waals surface area contributed by atoms with Crippen LogP contribution in [0.2, 0.25) is 0 Å². The van der Waals surface area contributed by atoms with E-state index in [2.05, 4.69) is 25.5 Å². The van der Waals surface area contributed by atoms with E-state index in [0.717, 1.165) is 48.3 Å². The van der Waals surface area contributed by atoms with Crippen molar-refractivity contribution in [3.05, 3.63) is 40.8 Å². The number of carbonyl (C=O) groups excluding carboxylic acids is 1. The summed E-state index contributed by atoms with van der Waals surface area (Å²) >= 11 is 1.35. The summed E-state index contributed by atoms with van der Waals surface area (Å²) in [5, 5.41) is 7.11. The molecule has 0 aliphatic carbocycles. The summed E-state index contributed by atoms with van der Waals surface area (Å²) in [6.07, 6.45) is 5.57. The number of hydrogen-bond acceptors (Lipinski definition) is 8. The van der Waals surface area contributed by atoms with E-state index in [1.54, 1.807) is 6.07 Å². The Morgan fingerprint density at radius 1 is 1.31 bits per heavy atom. The van der Waals surface area contributed by atoms with Crippen molar-refractivity contribution in [2.75, 3.05) is 44.7 Å². The minimum Gasteiger partial charge on any atom is -0.486 e. The Morgan fingerprint density at radius 3 is 2.97 bits per heavy atom. The van der Waals surface area contributed by atoms with Gasteiger partial charge in [-0.15, -0.1) is 11.3 Å². The number of carbonyl (C=O) groups is 1. The number of benzene rings is 1. The van der Waals surface area contributed by atoms with Crippen LogP contribution in [-0.4, -0.2) is 66.3 Å². The SMILES string of the molecule is Cc1c(C(=O)NCCCN2CCCC2)sc2ncnc(Nc3ccc(F)cc3OC3CCOC3)c12. The maximum atomic E-state index is 14.0. The Bertz CT molecular complexity index is 1190. The molecule has 3 aromatic rings. The maximum Gasteiger partial charge on any atom is 0.261 e. The lowest BCUT2D eigenvalue weighted by molar-refractivity contribution is 0.0955. The average molecular weight is 500 g/mol. The number of thiophene rings is 1. The van der Waals surface area contributed by atoms with Crippen LogP contribution in [0, 0.1) is 12.7 Å². The molecule has 35 heavy (non-hydrogen) atoms. The Balaban J connectivity index is 1.32. The first-order valence-electron chi connectivity index (χ1n) is 12.1. The summed E-state index contributed by atoms with van der Waals surface area (Å²) in [5.74, 6) is 0.477. The molecule has 2 saturated heterocycles. The van der Waals surface area contributed by atoms with Crippen LogP contribution in [-0.2, 0) is 4.74 Å². The lowest BCUT2D eigenvalue weighted by Gasteiger charge is -2.17. The summed E-state index contributed by atoms with van der Waals surface area (Å²) in [6.45, 7) is 6.99. The first kappa shape index (κ1) is 23.9. The summed E-state index contributed by atoms with van der Waals surface area (Å²) in [4.78, 5) is 25.5. The predicted octanol–water partition coefficient (Wildman–Crippen LogP) is 4.27. The number of ether oxygens (including phenoxy) is 2. The van der Waals surface area contributed by atoms with Crippen molar-refractivity contribution < 1.29 is 18.7 Å². The van der Waals surface area contributed by atoms with Crippen molar-refractivity contribution in [3.8, 4) is 5.75 Å². The Labute approximate surface area is 207 Å². The third-order valence-corrected chi connectivity index (χ3v) is 7.65. The topological polar surface area (TPSA) is 88.6 Å². The fourth-order valence-electron chi connectivity index (χ4n) is 4.58. The number of fused-ring (bicyclic) bond motifs is 1. The van der Waals surface area contributed by atoms with E-state index in [9.17, 15) is 9.18 Å². The lowest BCUT2D eigenvalue weighted by atomic mass is 10.2. The van der Waals surface area contributed by atoms with Crippen molar-refractivity contribution in [1.29, 1.82) is 0 Å². The van der Waals surface area contributed by atoms with E-state index >= 15 is 0 Å². The number of halogens is 1. The van der Waals surface area contributed by atoms with Crippen molar-refractivity contribution in [2.45, 2.75) is 38.7 Å². The minimum absolute atomic E-state index is 0.0927. The molecule has 0 bridgehead atoms. The van der Waals surface area contributed by atoms with Gasteiger partial charge in [-0.25, -0.2) is 14.4 Å². The van der Waals surface area contributed by atoms with E-state index in [4.69, 9.17) is 9.47 Å². The molecular weight excluding hydrogens is 469 g/mol. The molecule has 0 spiro atoms. The van der Waals surface area contributed by atoms with Crippen molar-refractivity contribution in [3.63, 3.8) is 0 Å². The molecule has 186 valence electrons. The second-order valence-electron chi connectivity index (χ2n) is 8.99. The molecule has 10 heteroatoms. The van der Waals surface area contributed by atoms with Crippen LogP contribution in [0.1, 0.15) is 40.9 Å². The summed E-state index contributed by atoms with van der Waals surface area (Å²) in [6, 6.07) is 4.37. The molecule has 2 aliphatic heterocycles. The Hall–Kier alpha value is -2.82. The van der Waals surface area contributed by atoms with Crippen molar-refractivity contribution in [2.24, 2.45) is 0 Å². The van der Waals surface area contributed by atoms with Gasteiger partial charge in [0.05, 0.1) is 29.2 Å². The molecule has 1 atom stereocenters. The fourth-order valence-corrected chi connectivity index (χ4v) is 5.65. The highest BCUT2D eigenvalue weighted by atomic mass is 32.1. The molecule has 2 N–H and O–H groups in total. The second kappa shape index (κ2) is 10.8. The fraction of sp³-hybridized carbons (Fsp3) is 0.480. The molecule has 8 nitrogen and oxygen atoms in total. The molecule has 2 aromatic heterocycles. The zero-order valence-electron chi connectivity index (χ0n) is 19.8. The first-order valence-corrected chi connectivity index (χ1v) is 13.0. The highest BCUT2D eigenvalue weighted by molar-refractivity contribution is 7.20. The number of nitrogens with one attached hydrogen (secondary N) is 2. The zero-order chi connectivity index (χ0) is 24.2. The summed E-state index contributed by atoms with van der Waals surface area (Å²) in [5.41, 5.74) is 1.41. The second-order valence-corrected chi connectivity index (χ2v) is 9.98. The summed E-state index contributed by atoms with van der Waals surface area (Å²) < 4.78 is 25.4. The van der Waals surface area contributed by atoms with Gasteiger partial charge in [-0.3, -0.25) is 4.79 Å². The van der Waals surface area contributed by atoms with Gasteiger partial charge >= 0.3 is 0 Å². The molecule has 0 radical (unpaired) electrons.